The van der Waals surface area contributed by atoms with Gasteiger partial charge in [0.05, 0.1) is 6.61 Å². The SMILES string of the molecule is CCOCC(C)NC1CC(C)CC(C)C1. The molecule has 1 aliphatic rings. The van der Waals surface area contributed by atoms with Crippen molar-refractivity contribution in [1.82, 2.24) is 5.32 Å². The molecule has 2 heteroatoms. The number of rotatable bonds is 5. The molecule has 0 heterocycles. The van der Waals surface area contributed by atoms with E-state index in [2.05, 4.69) is 33.0 Å². The first kappa shape index (κ1) is 13.0. The zero-order valence-corrected chi connectivity index (χ0v) is 10.8. The summed E-state index contributed by atoms with van der Waals surface area (Å²) in [6.45, 7) is 10.7. The van der Waals surface area contributed by atoms with E-state index < -0.39 is 0 Å². The predicted octanol–water partition coefficient (Wildman–Crippen LogP) is 2.83. The molecule has 0 amide bonds. The molecule has 0 aromatic carbocycles. The Morgan fingerprint density at radius 1 is 1.20 bits per heavy atom. The second-order valence-corrected chi connectivity index (χ2v) is 5.34. The highest BCUT2D eigenvalue weighted by molar-refractivity contribution is 4.81. The summed E-state index contributed by atoms with van der Waals surface area (Å²) in [6, 6.07) is 1.20. The third-order valence-corrected chi connectivity index (χ3v) is 3.27. The van der Waals surface area contributed by atoms with Gasteiger partial charge in [-0.25, -0.2) is 0 Å². The first-order valence-electron chi connectivity index (χ1n) is 6.45. The van der Waals surface area contributed by atoms with E-state index in [9.17, 15) is 0 Å². The van der Waals surface area contributed by atoms with E-state index in [0.29, 0.717) is 12.1 Å². The zero-order valence-electron chi connectivity index (χ0n) is 10.8. The van der Waals surface area contributed by atoms with Crippen LogP contribution >= 0.6 is 0 Å². The van der Waals surface area contributed by atoms with Crippen molar-refractivity contribution in [2.24, 2.45) is 11.8 Å². The highest BCUT2D eigenvalue weighted by Gasteiger charge is 2.24. The maximum atomic E-state index is 5.43. The molecule has 15 heavy (non-hydrogen) atoms. The Kier molecular flexibility index (Phi) is 5.62. The van der Waals surface area contributed by atoms with Gasteiger partial charge in [-0.15, -0.1) is 0 Å². The van der Waals surface area contributed by atoms with Crippen molar-refractivity contribution in [3.63, 3.8) is 0 Å². The maximum absolute atomic E-state index is 5.43. The first-order valence-corrected chi connectivity index (χ1v) is 6.45. The van der Waals surface area contributed by atoms with Gasteiger partial charge >= 0.3 is 0 Å². The molecule has 0 aliphatic heterocycles. The van der Waals surface area contributed by atoms with Crippen LogP contribution in [0.1, 0.15) is 47.0 Å². The molecule has 1 fully saturated rings. The van der Waals surface area contributed by atoms with Gasteiger partial charge in [-0.1, -0.05) is 13.8 Å². The van der Waals surface area contributed by atoms with Crippen molar-refractivity contribution in [2.45, 2.75) is 59.0 Å². The molecular weight excluding hydrogens is 186 g/mol. The van der Waals surface area contributed by atoms with Gasteiger partial charge in [-0.3, -0.25) is 0 Å². The van der Waals surface area contributed by atoms with Crippen LogP contribution in [-0.4, -0.2) is 25.3 Å². The number of ether oxygens (including phenoxy) is 1. The van der Waals surface area contributed by atoms with Crippen LogP contribution in [0.5, 0.6) is 0 Å². The van der Waals surface area contributed by atoms with E-state index >= 15 is 0 Å². The standard InChI is InChI=1S/C13H27NO/c1-5-15-9-12(4)14-13-7-10(2)6-11(3)8-13/h10-14H,5-9H2,1-4H3. The third kappa shape index (κ3) is 4.98. The maximum Gasteiger partial charge on any atom is 0.0616 e. The van der Waals surface area contributed by atoms with Gasteiger partial charge in [0.1, 0.15) is 0 Å². The monoisotopic (exact) mass is 213 g/mol. The van der Waals surface area contributed by atoms with Crippen LogP contribution < -0.4 is 5.32 Å². The van der Waals surface area contributed by atoms with Crippen molar-refractivity contribution >= 4 is 0 Å². The Morgan fingerprint density at radius 2 is 1.80 bits per heavy atom. The lowest BCUT2D eigenvalue weighted by atomic mass is 9.80. The molecule has 0 bridgehead atoms. The van der Waals surface area contributed by atoms with Gasteiger partial charge in [0.15, 0.2) is 0 Å². The van der Waals surface area contributed by atoms with Crippen molar-refractivity contribution < 1.29 is 4.74 Å². The lowest BCUT2D eigenvalue weighted by Crippen LogP contribution is -2.43. The molecule has 0 spiro atoms. The van der Waals surface area contributed by atoms with Gasteiger partial charge in [0, 0.05) is 18.7 Å². The fourth-order valence-electron chi connectivity index (χ4n) is 2.83. The van der Waals surface area contributed by atoms with E-state index in [1.165, 1.54) is 19.3 Å². The summed E-state index contributed by atoms with van der Waals surface area (Å²) in [5.74, 6) is 1.76. The highest BCUT2D eigenvalue weighted by atomic mass is 16.5. The Bertz CT molecular complexity index is 162. The lowest BCUT2D eigenvalue weighted by Gasteiger charge is -2.33. The minimum absolute atomic E-state index is 0.493. The summed E-state index contributed by atoms with van der Waals surface area (Å²) < 4.78 is 5.43. The number of nitrogens with one attached hydrogen (secondary N) is 1. The Hall–Kier alpha value is -0.0800. The van der Waals surface area contributed by atoms with E-state index in [-0.39, 0.29) is 0 Å². The van der Waals surface area contributed by atoms with Crippen molar-refractivity contribution in [2.75, 3.05) is 13.2 Å². The Labute approximate surface area is 94.8 Å². The first-order chi connectivity index (χ1) is 7.11. The summed E-state index contributed by atoms with van der Waals surface area (Å²) in [5.41, 5.74) is 0. The van der Waals surface area contributed by atoms with Crippen LogP contribution in [0, 0.1) is 11.8 Å². The Morgan fingerprint density at radius 3 is 2.33 bits per heavy atom. The number of hydrogen-bond acceptors (Lipinski definition) is 2. The zero-order chi connectivity index (χ0) is 11.3. The smallest absolute Gasteiger partial charge is 0.0616 e. The third-order valence-electron chi connectivity index (χ3n) is 3.27. The molecule has 0 aromatic rings. The summed E-state index contributed by atoms with van der Waals surface area (Å²) in [4.78, 5) is 0. The molecule has 1 aliphatic carbocycles. The summed E-state index contributed by atoms with van der Waals surface area (Å²) in [6.07, 6.45) is 4.07. The number of hydrogen-bond donors (Lipinski definition) is 1. The summed E-state index contributed by atoms with van der Waals surface area (Å²) in [7, 11) is 0. The van der Waals surface area contributed by atoms with Crippen LogP contribution in [0.3, 0.4) is 0 Å². The molecule has 0 radical (unpaired) electrons. The molecule has 3 unspecified atom stereocenters. The lowest BCUT2D eigenvalue weighted by molar-refractivity contribution is 0.115. The molecule has 3 atom stereocenters. The van der Waals surface area contributed by atoms with Crippen molar-refractivity contribution in [3.8, 4) is 0 Å². The molecule has 0 saturated heterocycles. The van der Waals surface area contributed by atoms with E-state index in [0.717, 1.165) is 25.0 Å². The largest absolute Gasteiger partial charge is 0.380 e. The van der Waals surface area contributed by atoms with E-state index in [1.807, 2.05) is 0 Å². The second-order valence-electron chi connectivity index (χ2n) is 5.34. The fraction of sp³-hybridized carbons (Fsp3) is 1.00. The topological polar surface area (TPSA) is 21.3 Å². The van der Waals surface area contributed by atoms with Gasteiger partial charge in [-0.05, 0) is 44.9 Å². The molecule has 1 N–H and O–H groups in total. The van der Waals surface area contributed by atoms with Crippen LogP contribution in [0.4, 0.5) is 0 Å². The minimum atomic E-state index is 0.493. The van der Waals surface area contributed by atoms with Crippen LogP contribution in [0.25, 0.3) is 0 Å². The Balaban J connectivity index is 2.24. The van der Waals surface area contributed by atoms with Gasteiger partial charge in [-0.2, -0.15) is 0 Å². The van der Waals surface area contributed by atoms with Crippen LogP contribution in [-0.2, 0) is 4.74 Å². The second kappa shape index (κ2) is 6.49. The summed E-state index contributed by atoms with van der Waals surface area (Å²) in [5, 5.41) is 3.69. The van der Waals surface area contributed by atoms with E-state index in [4.69, 9.17) is 4.74 Å². The van der Waals surface area contributed by atoms with Gasteiger partial charge in [0.25, 0.3) is 0 Å². The minimum Gasteiger partial charge on any atom is -0.380 e. The molecular formula is C13H27NO. The van der Waals surface area contributed by atoms with Crippen molar-refractivity contribution in [1.29, 1.82) is 0 Å². The normalized spacial score (nSPS) is 34.0. The quantitative estimate of drug-likeness (QED) is 0.758. The average molecular weight is 213 g/mol. The molecule has 0 aromatic heterocycles. The van der Waals surface area contributed by atoms with Gasteiger partial charge in [0.2, 0.25) is 0 Å². The molecule has 1 rings (SSSR count). The highest BCUT2D eigenvalue weighted by Crippen LogP contribution is 2.28. The predicted molar refractivity (Wildman–Crippen MR) is 65.1 cm³/mol. The van der Waals surface area contributed by atoms with Gasteiger partial charge < -0.3 is 10.1 Å². The molecule has 2 nitrogen and oxygen atoms in total. The van der Waals surface area contributed by atoms with Crippen molar-refractivity contribution in [3.05, 3.63) is 0 Å². The van der Waals surface area contributed by atoms with Crippen LogP contribution in [0.15, 0.2) is 0 Å². The fourth-order valence-corrected chi connectivity index (χ4v) is 2.83. The van der Waals surface area contributed by atoms with Crippen LogP contribution in [0.2, 0.25) is 0 Å². The van der Waals surface area contributed by atoms with E-state index in [1.54, 1.807) is 0 Å². The average Bonchev–Trinajstić information content (AvgIpc) is 2.13. The summed E-state index contributed by atoms with van der Waals surface area (Å²) >= 11 is 0. The molecule has 90 valence electrons. The molecule has 1 saturated carbocycles.